The summed E-state index contributed by atoms with van der Waals surface area (Å²) in [6.45, 7) is 7.23. The molecule has 0 radical (unpaired) electrons. The molecule has 0 aromatic heterocycles. The summed E-state index contributed by atoms with van der Waals surface area (Å²) in [6.07, 6.45) is -0.432. The second-order valence-electron chi connectivity index (χ2n) is 22.5. The van der Waals surface area contributed by atoms with Crippen LogP contribution in [-0.2, 0) is 38.1 Å². The molecule has 2 aliphatic rings. The van der Waals surface area contributed by atoms with Crippen molar-refractivity contribution >= 4 is 47.6 Å². The Balaban J connectivity index is 0.874. The van der Waals surface area contributed by atoms with Crippen molar-refractivity contribution in [1.29, 1.82) is 0 Å². The lowest BCUT2D eigenvalue weighted by Crippen LogP contribution is -2.59. The van der Waals surface area contributed by atoms with Gasteiger partial charge in [-0.1, -0.05) is 195 Å². The van der Waals surface area contributed by atoms with Gasteiger partial charge in [0, 0.05) is 31.2 Å². The van der Waals surface area contributed by atoms with Crippen molar-refractivity contribution in [3.63, 3.8) is 0 Å². The maximum absolute atomic E-state index is 14.6. The molecule has 0 aliphatic heterocycles. The number of amides is 6. The fourth-order valence-corrected chi connectivity index (χ4v) is 12.9. The quantitative estimate of drug-likeness (QED) is 0.0224. The van der Waals surface area contributed by atoms with Crippen LogP contribution >= 0.6 is 11.8 Å². The summed E-state index contributed by atoms with van der Waals surface area (Å²) in [5.41, 5.74) is 10.8. The van der Waals surface area contributed by atoms with Crippen LogP contribution < -0.4 is 31.9 Å². The summed E-state index contributed by atoms with van der Waals surface area (Å²) in [6, 6.07) is 57.4. The maximum atomic E-state index is 14.6. The van der Waals surface area contributed by atoms with Crippen LogP contribution in [0.25, 0.3) is 22.3 Å². The number of nitrogens with one attached hydrogen (secondary N) is 6. The molecular formula is C70H76N6O9S. The number of carbonyl (C=O) groups excluding carboxylic acids is 6. The molecule has 15 nitrogen and oxygen atoms in total. The monoisotopic (exact) mass is 1180 g/mol. The lowest BCUT2D eigenvalue weighted by atomic mass is 9.84. The first kappa shape index (κ1) is 61.8. The molecule has 0 heterocycles. The highest BCUT2D eigenvalue weighted by Gasteiger charge is 2.40. The van der Waals surface area contributed by atoms with Crippen LogP contribution in [0.1, 0.15) is 104 Å². The zero-order valence-corrected chi connectivity index (χ0v) is 50.1. The summed E-state index contributed by atoms with van der Waals surface area (Å²) in [4.78, 5) is 84.4. The molecule has 0 saturated heterocycles. The topological polar surface area (TPSA) is 202 Å². The number of thioether (sulfide) groups is 1. The summed E-state index contributed by atoms with van der Waals surface area (Å²) in [5.74, 6) is -2.68. The molecular weight excluding hydrogens is 1100 g/mol. The Bertz CT molecular complexity index is 3280. The van der Waals surface area contributed by atoms with Crippen molar-refractivity contribution < 1.29 is 43.0 Å². The molecule has 7 aromatic carbocycles. The maximum Gasteiger partial charge on any atom is 0.407 e. The largest absolute Gasteiger partial charge is 0.449 e. The fraction of sp³-hybridized carbons (Fsp3) is 0.314. The molecule has 7 aromatic rings. The third kappa shape index (κ3) is 14.8. The molecule has 6 N–H and O–H groups in total. The zero-order chi connectivity index (χ0) is 60.6. The first-order valence-corrected chi connectivity index (χ1v) is 30.4. The smallest absolute Gasteiger partial charge is 0.407 e. The van der Waals surface area contributed by atoms with Crippen molar-refractivity contribution in [2.45, 2.75) is 99.7 Å². The number of rotatable bonds is 26. The molecule has 6 amide bonds. The summed E-state index contributed by atoms with van der Waals surface area (Å²) in [7, 11) is 1.51. The van der Waals surface area contributed by atoms with Crippen molar-refractivity contribution in [3.8, 4) is 22.3 Å². The second-order valence-corrected chi connectivity index (χ2v) is 23.7. The van der Waals surface area contributed by atoms with Crippen LogP contribution in [0, 0.1) is 0 Å². The first-order valence-electron chi connectivity index (χ1n) is 29.5. The molecule has 2 aliphatic carbocycles. The number of unbranched alkanes of at least 4 members (excludes halogenated alkanes) is 1. The summed E-state index contributed by atoms with van der Waals surface area (Å²) < 4.78 is 17.0. The molecule has 16 heteroatoms. The van der Waals surface area contributed by atoms with Crippen LogP contribution in [0.4, 0.5) is 9.59 Å². The lowest BCUT2D eigenvalue weighted by molar-refractivity contribution is -0.136. The Kier molecular flexibility index (Phi) is 20.8. The van der Waals surface area contributed by atoms with Gasteiger partial charge in [0.1, 0.15) is 37.4 Å². The van der Waals surface area contributed by atoms with Gasteiger partial charge < -0.3 is 46.1 Å². The summed E-state index contributed by atoms with van der Waals surface area (Å²) >= 11 is 1.51. The number of alkyl carbamates (subject to hydrolysis) is 2. The normalized spacial score (nSPS) is 13.9. The third-order valence-electron chi connectivity index (χ3n) is 15.7. The number of hydrogen-bond donors (Lipinski definition) is 6. The molecule has 9 rings (SSSR count). The van der Waals surface area contributed by atoms with Gasteiger partial charge in [-0.05, 0) is 108 Å². The molecule has 86 heavy (non-hydrogen) atoms. The van der Waals surface area contributed by atoms with Crippen molar-refractivity contribution in [2.75, 3.05) is 39.2 Å². The molecule has 446 valence electrons. The standard InChI is InChI=1S/C70H76N6O9S/c1-6-59(64(78)75-62(63(77)71-5)45-86-70(46-26-10-7-11-27-46,47-28-12-8-13-29-47)48-30-14-9-15-31-48)73-66(80)61(44-85-69(2,3)4)74-65(79)60(76-68(82)84-43-58-55-38-22-18-34-51(55)52-35-19-23-39-56(52)58)40-24-25-41-72-67(81)83-42-57-53-36-20-16-32-49(53)50-33-17-21-37-54(50)57/h7-23,26-39,57-62H,6,24-25,40-45H2,1-5H3,(H,71,77)(H,72,81)(H,73,80)(H,74,79)(H,75,78)(H,76,82). The predicted molar refractivity (Wildman–Crippen MR) is 336 cm³/mol. The number of hydrogen-bond acceptors (Lipinski definition) is 10. The van der Waals surface area contributed by atoms with E-state index < -0.39 is 70.3 Å². The minimum absolute atomic E-state index is 0.00338. The number of benzene rings is 7. The van der Waals surface area contributed by atoms with Crippen LogP contribution in [0.15, 0.2) is 188 Å². The van der Waals surface area contributed by atoms with Gasteiger partial charge in [0.05, 0.1) is 17.0 Å². The average Bonchev–Trinajstić information content (AvgIpc) is 3.12. The van der Waals surface area contributed by atoms with Gasteiger partial charge in [-0.2, -0.15) is 0 Å². The van der Waals surface area contributed by atoms with Gasteiger partial charge in [-0.3, -0.25) is 19.2 Å². The Hall–Kier alpha value is -8.73. The zero-order valence-electron chi connectivity index (χ0n) is 49.3. The van der Waals surface area contributed by atoms with E-state index in [0.717, 1.165) is 61.2 Å². The number of fused-ring (bicyclic) bond motifs is 6. The molecule has 0 bridgehead atoms. The van der Waals surface area contributed by atoms with Gasteiger partial charge in [-0.25, -0.2) is 9.59 Å². The molecule has 0 fully saturated rings. The van der Waals surface area contributed by atoms with E-state index in [1.165, 1.54) is 18.8 Å². The van der Waals surface area contributed by atoms with Gasteiger partial charge in [0.15, 0.2) is 0 Å². The average molecular weight is 1180 g/mol. The lowest BCUT2D eigenvalue weighted by Gasteiger charge is -2.36. The Labute approximate surface area is 508 Å². The van der Waals surface area contributed by atoms with Gasteiger partial charge >= 0.3 is 12.2 Å². The van der Waals surface area contributed by atoms with Crippen molar-refractivity contribution in [3.05, 3.63) is 227 Å². The van der Waals surface area contributed by atoms with Crippen LogP contribution in [-0.4, -0.2) is 105 Å². The number of carbonyl (C=O) groups is 6. The van der Waals surface area contributed by atoms with E-state index in [2.05, 4.69) is 92.6 Å². The minimum Gasteiger partial charge on any atom is -0.449 e. The Morgan fingerprint density at radius 1 is 0.465 bits per heavy atom. The van der Waals surface area contributed by atoms with E-state index >= 15 is 0 Å². The van der Waals surface area contributed by atoms with Gasteiger partial charge in [0.2, 0.25) is 23.6 Å². The van der Waals surface area contributed by atoms with Crippen LogP contribution in [0.2, 0.25) is 0 Å². The number of likely N-dealkylation sites (N-methyl/N-ethyl adjacent to an activating group) is 1. The minimum atomic E-state index is -1.35. The molecule has 0 saturated carbocycles. The van der Waals surface area contributed by atoms with Crippen molar-refractivity contribution in [2.24, 2.45) is 0 Å². The first-order chi connectivity index (χ1) is 41.7. The van der Waals surface area contributed by atoms with E-state index in [9.17, 15) is 28.8 Å². The van der Waals surface area contributed by atoms with E-state index in [0.29, 0.717) is 12.8 Å². The van der Waals surface area contributed by atoms with E-state index in [1.54, 1.807) is 6.92 Å². The third-order valence-corrected chi connectivity index (χ3v) is 17.4. The highest BCUT2D eigenvalue weighted by atomic mass is 32.2. The van der Waals surface area contributed by atoms with E-state index in [1.807, 2.05) is 148 Å². The summed E-state index contributed by atoms with van der Waals surface area (Å²) in [5, 5.41) is 16.9. The van der Waals surface area contributed by atoms with Gasteiger partial charge in [-0.15, -0.1) is 11.8 Å². The molecule has 4 atom stereocenters. The number of ether oxygens (including phenoxy) is 3. The SMILES string of the molecule is CCC(NC(=O)C(COC(C)(C)C)NC(=O)C(CCCCNC(=O)OCC1c2ccccc2-c2ccccc21)NC(=O)OCC1c2ccccc2-c2ccccc21)C(=O)NC(CSC(c1ccccc1)(c1ccccc1)c1ccccc1)C(=O)NC. The Morgan fingerprint density at radius 2 is 0.860 bits per heavy atom. The van der Waals surface area contributed by atoms with Crippen molar-refractivity contribution in [1.82, 2.24) is 31.9 Å². The molecule has 4 unspecified atom stereocenters. The Morgan fingerprint density at radius 3 is 1.30 bits per heavy atom. The highest BCUT2D eigenvalue weighted by molar-refractivity contribution is 8.00. The molecule has 0 spiro atoms. The van der Waals surface area contributed by atoms with E-state index in [4.69, 9.17) is 14.2 Å². The van der Waals surface area contributed by atoms with E-state index in [-0.39, 0.29) is 56.8 Å². The highest BCUT2D eigenvalue weighted by Crippen LogP contribution is 2.49. The second kappa shape index (κ2) is 28.9. The van der Waals surface area contributed by atoms with Gasteiger partial charge in [0.25, 0.3) is 0 Å². The fourth-order valence-electron chi connectivity index (χ4n) is 11.4. The van der Waals surface area contributed by atoms with Crippen LogP contribution in [0.3, 0.4) is 0 Å². The van der Waals surface area contributed by atoms with Crippen LogP contribution in [0.5, 0.6) is 0 Å². The predicted octanol–water partition coefficient (Wildman–Crippen LogP) is 10.8.